The number of benzene rings is 3. The summed E-state index contributed by atoms with van der Waals surface area (Å²) in [6, 6.07) is 21.1. The molecule has 1 atom stereocenters. The Labute approximate surface area is 191 Å². The molecule has 1 aliphatic carbocycles. The van der Waals surface area contributed by atoms with E-state index in [1.165, 1.54) is 34.4 Å². The van der Waals surface area contributed by atoms with Gasteiger partial charge in [-0.1, -0.05) is 48.5 Å². The van der Waals surface area contributed by atoms with Gasteiger partial charge < -0.3 is 10.1 Å². The van der Waals surface area contributed by atoms with Gasteiger partial charge in [0.25, 0.3) is 0 Å². The van der Waals surface area contributed by atoms with Crippen molar-refractivity contribution in [2.24, 2.45) is 0 Å². The minimum absolute atomic E-state index is 0.0257. The van der Waals surface area contributed by atoms with Gasteiger partial charge >= 0.3 is 6.36 Å². The Kier molecular flexibility index (Phi) is 6.73. The fourth-order valence-electron chi connectivity index (χ4n) is 4.07. The van der Waals surface area contributed by atoms with Crippen molar-refractivity contribution in [2.75, 3.05) is 13.1 Å². The molecule has 0 bridgehead atoms. The van der Waals surface area contributed by atoms with E-state index in [-0.39, 0.29) is 17.5 Å². The number of alkyl halides is 3. The lowest BCUT2D eigenvalue weighted by molar-refractivity contribution is -0.274. The number of hydrogen-bond acceptors (Lipinski definition) is 4. The maximum absolute atomic E-state index is 12.8. The topological polar surface area (TPSA) is 74.2 Å². The van der Waals surface area contributed by atoms with Crippen LogP contribution in [0.1, 0.15) is 28.3 Å². The van der Waals surface area contributed by atoms with Gasteiger partial charge in [0.2, 0.25) is 0 Å². The fourth-order valence-corrected chi connectivity index (χ4v) is 5.15. The third kappa shape index (κ3) is 5.73. The van der Waals surface area contributed by atoms with Crippen molar-refractivity contribution in [3.63, 3.8) is 0 Å². The highest BCUT2D eigenvalue weighted by molar-refractivity contribution is 7.90. The zero-order chi connectivity index (χ0) is 23.5. The van der Waals surface area contributed by atoms with Crippen LogP contribution in [0.5, 0.6) is 5.75 Å². The third-order valence-corrected chi connectivity index (χ3v) is 7.11. The van der Waals surface area contributed by atoms with Gasteiger partial charge in [-0.25, -0.2) is 13.7 Å². The SMILES string of the molecule is N=S(=O)(NCCNC1c2ccccc2CCc2ccccc21)c1ccc(OC(F)(F)F)cc1. The van der Waals surface area contributed by atoms with Crippen molar-refractivity contribution in [3.8, 4) is 5.75 Å². The molecule has 3 aromatic rings. The van der Waals surface area contributed by atoms with Gasteiger partial charge in [0.15, 0.2) is 0 Å². The maximum Gasteiger partial charge on any atom is 0.573 e. The summed E-state index contributed by atoms with van der Waals surface area (Å²) in [7, 11) is -3.38. The summed E-state index contributed by atoms with van der Waals surface area (Å²) in [5.74, 6) is -0.422. The van der Waals surface area contributed by atoms with Gasteiger partial charge in [-0.2, -0.15) is 0 Å². The van der Waals surface area contributed by atoms with E-state index in [4.69, 9.17) is 4.78 Å². The first-order valence-corrected chi connectivity index (χ1v) is 12.1. The highest BCUT2D eigenvalue weighted by atomic mass is 32.2. The van der Waals surface area contributed by atoms with E-state index in [0.29, 0.717) is 6.54 Å². The van der Waals surface area contributed by atoms with Crippen molar-refractivity contribution in [1.82, 2.24) is 10.0 Å². The third-order valence-electron chi connectivity index (χ3n) is 5.56. The van der Waals surface area contributed by atoms with Crippen molar-refractivity contribution in [1.29, 1.82) is 4.78 Å². The molecule has 174 valence electrons. The largest absolute Gasteiger partial charge is 0.573 e. The molecule has 0 heterocycles. The van der Waals surface area contributed by atoms with Crippen LogP contribution in [0, 0.1) is 4.78 Å². The molecule has 1 aliphatic rings. The van der Waals surface area contributed by atoms with Crippen LogP contribution in [0.2, 0.25) is 0 Å². The molecule has 0 fully saturated rings. The summed E-state index contributed by atoms with van der Waals surface area (Å²) in [6.45, 7) is 0.683. The Hall–Kier alpha value is -2.88. The number of aryl methyl sites for hydroxylation is 2. The predicted octanol–water partition coefficient (Wildman–Crippen LogP) is 4.97. The Morgan fingerprint density at radius 3 is 1.97 bits per heavy atom. The Bertz CT molecular complexity index is 1160. The quantitative estimate of drug-likeness (QED) is 0.422. The van der Waals surface area contributed by atoms with Gasteiger partial charge in [-0.15, -0.1) is 13.2 Å². The molecule has 0 saturated carbocycles. The van der Waals surface area contributed by atoms with Crippen molar-refractivity contribution < 1.29 is 22.1 Å². The van der Waals surface area contributed by atoms with Gasteiger partial charge in [0.1, 0.15) is 15.7 Å². The monoisotopic (exact) mass is 475 g/mol. The number of nitrogens with one attached hydrogen (secondary N) is 3. The molecule has 4 rings (SSSR count). The second-order valence-corrected chi connectivity index (χ2v) is 9.63. The van der Waals surface area contributed by atoms with Gasteiger partial charge in [-0.3, -0.25) is 0 Å². The summed E-state index contributed by atoms with van der Waals surface area (Å²) in [5, 5.41) is 3.52. The van der Waals surface area contributed by atoms with Crippen LogP contribution in [0.15, 0.2) is 77.7 Å². The van der Waals surface area contributed by atoms with Crippen LogP contribution in [-0.4, -0.2) is 23.7 Å². The molecule has 33 heavy (non-hydrogen) atoms. The lowest BCUT2D eigenvalue weighted by atomic mass is 9.94. The van der Waals surface area contributed by atoms with E-state index in [2.05, 4.69) is 39.0 Å². The summed E-state index contributed by atoms with van der Waals surface area (Å²) >= 11 is 0. The molecule has 0 amide bonds. The van der Waals surface area contributed by atoms with Crippen molar-refractivity contribution >= 4 is 9.92 Å². The Balaban J connectivity index is 1.42. The van der Waals surface area contributed by atoms with Crippen LogP contribution in [-0.2, 0) is 22.8 Å². The van der Waals surface area contributed by atoms with Gasteiger partial charge in [0.05, 0.1) is 10.9 Å². The van der Waals surface area contributed by atoms with Crippen LogP contribution >= 0.6 is 0 Å². The Morgan fingerprint density at radius 1 is 0.879 bits per heavy atom. The second kappa shape index (κ2) is 9.54. The molecule has 0 saturated heterocycles. The van der Waals surface area contributed by atoms with Crippen LogP contribution in [0.3, 0.4) is 0 Å². The molecular weight excluding hydrogens is 451 g/mol. The zero-order valence-electron chi connectivity index (χ0n) is 17.7. The average molecular weight is 476 g/mol. The molecule has 3 N–H and O–H groups in total. The molecule has 1 unspecified atom stereocenters. The normalized spacial score (nSPS) is 15.7. The minimum Gasteiger partial charge on any atom is -0.406 e. The highest BCUT2D eigenvalue weighted by Gasteiger charge is 2.31. The number of halogens is 3. The number of hydrogen-bond donors (Lipinski definition) is 3. The summed E-state index contributed by atoms with van der Waals surface area (Å²) < 4.78 is 64.4. The molecule has 0 radical (unpaired) electrons. The van der Waals surface area contributed by atoms with E-state index < -0.39 is 22.0 Å². The van der Waals surface area contributed by atoms with E-state index in [9.17, 15) is 17.4 Å². The summed E-state index contributed by atoms with van der Waals surface area (Å²) in [4.78, 5) is 0.0854. The minimum atomic E-state index is -4.80. The first-order chi connectivity index (χ1) is 15.7. The molecule has 5 nitrogen and oxygen atoms in total. The molecule has 0 aromatic heterocycles. The molecule has 0 spiro atoms. The number of fused-ring (bicyclic) bond motifs is 2. The van der Waals surface area contributed by atoms with E-state index in [1.807, 2.05) is 24.3 Å². The fraction of sp³-hybridized carbons (Fsp3) is 0.250. The molecule has 3 aromatic carbocycles. The summed E-state index contributed by atoms with van der Waals surface area (Å²) in [5.41, 5.74) is 4.97. The first kappa shape index (κ1) is 23.3. The lowest BCUT2D eigenvalue weighted by Gasteiger charge is -2.22. The molecule has 0 aliphatic heterocycles. The molecule has 9 heteroatoms. The zero-order valence-corrected chi connectivity index (χ0v) is 18.5. The smallest absolute Gasteiger partial charge is 0.406 e. The maximum atomic E-state index is 12.8. The van der Waals surface area contributed by atoms with Gasteiger partial charge in [-0.05, 0) is 59.4 Å². The van der Waals surface area contributed by atoms with Crippen LogP contribution in [0.4, 0.5) is 13.2 Å². The van der Waals surface area contributed by atoms with E-state index >= 15 is 0 Å². The number of rotatable bonds is 7. The van der Waals surface area contributed by atoms with Crippen LogP contribution < -0.4 is 14.8 Å². The highest BCUT2D eigenvalue weighted by Crippen LogP contribution is 2.32. The predicted molar refractivity (Wildman–Crippen MR) is 120 cm³/mol. The van der Waals surface area contributed by atoms with Crippen molar-refractivity contribution in [3.05, 3.63) is 95.1 Å². The summed E-state index contributed by atoms with van der Waals surface area (Å²) in [6.07, 6.45) is -2.89. The molecular formula is C24H24F3N3O2S. The number of ether oxygens (including phenoxy) is 1. The van der Waals surface area contributed by atoms with E-state index in [0.717, 1.165) is 25.0 Å². The van der Waals surface area contributed by atoms with Crippen LogP contribution in [0.25, 0.3) is 0 Å². The second-order valence-electron chi connectivity index (χ2n) is 7.75. The lowest BCUT2D eigenvalue weighted by Crippen LogP contribution is -2.33. The van der Waals surface area contributed by atoms with Gasteiger partial charge in [0, 0.05) is 13.1 Å². The standard InChI is InChI=1S/C24H24F3N3O2S/c25-24(26,27)32-19-11-13-20(14-12-19)33(28,31)30-16-15-29-23-21-7-3-1-5-17(21)9-10-18-6-2-4-8-22(18)23/h1-8,11-14,23,29H,9-10,15-16H2,(H2,28,30,31). The van der Waals surface area contributed by atoms with E-state index in [1.54, 1.807) is 0 Å². The Morgan fingerprint density at radius 2 is 1.42 bits per heavy atom. The first-order valence-electron chi connectivity index (χ1n) is 10.5. The van der Waals surface area contributed by atoms with Crippen molar-refractivity contribution in [2.45, 2.75) is 30.1 Å². The average Bonchev–Trinajstić information content (AvgIpc) is 2.93.